The van der Waals surface area contributed by atoms with E-state index in [-0.39, 0.29) is 6.61 Å². The average molecular weight is 458 g/mol. The maximum absolute atomic E-state index is 10.7. The van der Waals surface area contributed by atoms with Crippen molar-refractivity contribution in [2.45, 2.75) is 92.9 Å². The molecule has 14 nitrogen and oxygen atoms in total. The lowest BCUT2D eigenvalue weighted by Gasteiger charge is -2.47. The van der Waals surface area contributed by atoms with Crippen molar-refractivity contribution < 1.29 is 69.6 Å². The standard InChI is InChI=1S/C17H30O14/c1-4-7(20)9(22)10(23)16(28-4)31-14-8(21)6(2-18)29-17(12(14)25)30-13-5(19)3-27-15(26)11(13)24/h4-26H,2-3H2,1H3/t4-,5-,6+,7-,8+,9+,10+,11+,12+,13-,14-,15+,16-,17-/m0/s1. The van der Waals surface area contributed by atoms with Crippen LogP contribution in [0.25, 0.3) is 0 Å². The van der Waals surface area contributed by atoms with E-state index < -0.39 is 92.6 Å². The lowest BCUT2D eigenvalue weighted by molar-refractivity contribution is -0.373. The Kier molecular flexibility index (Phi) is 8.21. The van der Waals surface area contributed by atoms with Gasteiger partial charge in [-0.3, -0.25) is 0 Å². The van der Waals surface area contributed by atoms with E-state index in [1.165, 1.54) is 6.92 Å². The lowest BCUT2D eigenvalue weighted by atomic mass is 9.97. The molecule has 0 aromatic carbocycles. The van der Waals surface area contributed by atoms with E-state index >= 15 is 0 Å². The highest BCUT2D eigenvalue weighted by Gasteiger charge is 2.52. The third kappa shape index (κ3) is 5.02. The Hall–Kier alpha value is -0.560. The van der Waals surface area contributed by atoms with E-state index in [1.807, 2.05) is 0 Å². The topological polar surface area (TPSA) is 228 Å². The van der Waals surface area contributed by atoms with Gasteiger partial charge in [0.2, 0.25) is 0 Å². The van der Waals surface area contributed by atoms with E-state index in [0.717, 1.165) is 0 Å². The maximum Gasteiger partial charge on any atom is 0.187 e. The zero-order chi connectivity index (χ0) is 23.0. The minimum atomic E-state index is -1.78. The molecular weight excluding hydrogens is 428 g/mol. The van der Waals surface area contributed by atoms with Crippen molar-refractivity contribution >= 4 is 0 Å². The van der Waals surface area contributed by atoms with Gasteiger partial charge in [0.15, 0.2) is 18.9 Å². The van der Waals surface area contributed by atoms with E-state index in [2.05, 4.69) is 0 Å². The Bertz CT molecular complexity index is 581. The monoisotopic (exact) mass is 458 g/mol. The molecule has 3 rings (SSSR count). The van der Waals surface area contributed by atoms with E-state index in [4.69, 9.17) is 23.7 Å². The summed E-state index contributed by atoms with van der Waals surface area (Å²) < 4.78 is 26.3. The molecule has 9 N–H and O–H groups in total. The van der Waals surface area contributed by atoms with Crippen molar-refractivity contribution in [3.8, 4) is 0 Å². The highest BCUT2D eigenvalue weighted by Crippen LogP contribution is 2.31. The zero-order valence-corrected chi connectivity index (χ0v) is 16.6. The second-order valence-electron chi connectivity index (χ2n) is 7.87. The molecule has 14 atom stereocenters. The van der Waals surface area contributed by atoms with E-state index in [0.29, 0.717) is 0 Å². The molecule has 3 heterocycles. The molecule has 182 valence electrons. The average Bonchev–Trinajstić information content (AvgIpc) is 2.74. The summed E-state index contributed by atoms with van der Waals surface area (Å²) in [5.41, 5.74) is 0. The second-order valence-corrected chi connectivity index (χ2v) is 7.87. The molecule has 3 fully saturated rings. The van der Waals surface area contributed by atoms with E-state index in [9.17, 15) is 46.0 Å². The molecule has 3 aliphatic rings. The summed E-state index contributed by atoms with van der Waals surface area (Å²) in [5, 5.41) is 90.1. The minimum Gasteiger partial charge on any atom is -0.394 e. The number of aliphatic hydroxyl groups is 9. The summed E-state index contributed by atoms with van der Waals surface area (Å²) >= 11 is 0. The van der Waals surface area contributed by atoms with Gasteiger partial charge in [0.05, 0.1) is 19.3 Å². The van der Waals surface area contributed by atoms with Crippen LogP contribution in [0, 0.1) is 0 Å². The van der Waals surface area contributed by atoms with Crippen molar-refractivity contribution in [3.05, 3.63) is 0 Å². The van der Waals surface area contributed by atoms with Gasteiger partial charge in [0.25, 0.3) is 0 Å². The van der Waals surface area contributed by atoms with E-state index in [1.54, 1.807) is 0 Å². The maximum atomic E-state index is 10.7. The molecule has 0 amide bonds. The molecule has 0 saturated carbocycles. The third-order valence-corrected chi connectivity index (χ3v) is 5.66. The SMILES string of the molecule is C[C@@H]1O[C@@H](O[C@@H]2[C@@H](O)[C@H](O[C@@H]3[C@@H](O)[C@H](O)OC[C@@H]3O)O[C@H](CO)[C@H]2O)[C@H](O)[C@H](O)[C@H]1O. The van der Waals surface area contributed by atoms with Crippen LogP contribution >= 0.6 is 0 Å². The largest absolute Gasteiger partial charge is 0.394 e. The van der Waals surface area contributed by atoms with Crippen LogP contribution in [-0.4, -0.2) is 145 Å². The van der Waals surface area contributed by atoms with Crippen LogP contribution in [0.5, 0.6) is 0 Å². The molecule has 0 spiro atoms. The van der Waals surface area contributed by atoms with Gasteiger partial charge in [-0.25, -0.2) is 0 Å². The molecule has 0 radical (unpaired) electrons. The smallest absolute Gasteiger partial charge is 0.187 e. The molecule has 3 saturated heterocycles. The summed E-state index contributed by atoms with van der Waals surface area (Å²) in [4.78, 5) is 0. The van der Waals surface area contributed by atoms with Gasteiger partial charge in [0.1, 0.15) is 61.0 Å². The second kappa shape index (κ2) is 10.1. The summed E-state index contributed by atoms with van der Waals surface area (Å²) in [7, 11) is 0. The Morgan fingerprint density at radius 2 is 1.32 bits per heavy atom. The van der Waals surface area contributed by atoms with Gasteiger partial charge in [-0.05, 0) is 6.92 Å². The summed E-state index contributed by atoms with van der Waals surface area (Å²) in [6, 6.07) is 0. The van der Waals surface area contributed by atoms with Crippen LogP contribution in [0.3, 0.4) is 0 Å². The van der Waals surface area contributed by atoms with Crippen LogP contribution < -0.4 is 0 Å². The summed E-state index contributed by atoms with van der Waals surface area (Å²) in [6.45, 7) is 0.299. The highest BCUT2D eigenvalue weighted by atomic mass is 16.7. The Labute approximate surface area is 176 Å². The van der Waals surface area contributed by atoms with Crippen molar-refractivity contribution in [2.24, 2.45) is 0 Å². The molecule has 0 unspecified atom stereocenters. The number of rotatable bonds is 5. The van der Waals surface area contributed by atoms with Crippen LogP contribution in [-0.2, 0) is 23.7 Å². The number of hydrogen-bond acceptors (Lipinski definition) is 14. The minimum absolute atomic E-state index is 0.377. The number of aliphatic hydroxyl groups excluding tert-OH is 9. The predicted octanol–water partition coefficient (Wildman–Crippen LogP) is -5.91. The zero-order valence-electron chi connectivity index (χ0n) is 16.6. The first kappa shape index (κ1) is 25.1. The fraction of sp³-hybridized carbons (Fsp3) is 1.00. The van der Waals surface area contributed by atoms with Crippen molar-refractivity contribution in [3.63, 3.8) is 0 Å². The van der Waals surface area contributed by atoms with Crippen LogP contribution in [0.1, 0.15) is 6.92 Å². The molecule has 14 heteroatoms. The van der Waals surface area contributed by atoms with Crippen molar-refractivity contribution in [2.75, 3.05) is 13.2 Å². The van der Waals surface area contributed by atoms with Gasteiger partial charge >= 0.3 is 0 Å². The van der Waals surface area contributed by atoms with Crippen LogP contribution in [0.15, 0.2) is 0 Å². The summed E-state index contributed by atoms with van der Waals surface area (Å²) in [5.74, 6) is 0. The normalized spacial score (nSPS) is 54.0. The van der Waals surface area contributed by atoms with Gasteiger partial charge in [-0.15, -0.1) is 0 Å². The highest BCUT2D eigenvalue weighted by molar-refractivity contribution is 4.94. The molecule has 0 bridgehead atoms. The Morgan fingerprint density at radius 1 is 0.710 bits per heavy atom. The number of hydrogen-bond donors (Lipinski definition) is 9. The first-order chi connectivity index (χ1) is 14.6. The van der Waals surface area contributed by atoms with Gasteiger partial charge in [-0.2, -0.15) is 0 Å². The Balaban J connectivity index is 1.75. The fourth-order valence-corrected chi connectivity index (χ4v) is 3.71. The van der Waals surface area contributed by atoms with Crippen molar-refractivity contribution in [1.29, 1.82) is 0 Å². The molecule has 0 aliphatic carbocycles. The first-order valence-electron chi connectivity index (χ1n) is 9.85. The number of ether oxygens (including phenoxy) is 5. The Morgan fingerprint density at radius 3 is 1.97 bits per heavy atom. The molecular formula is C17H30O14. The van der Waals surface area contributed by atoms with Crippen LogP contribution in [0.4, 0.5) is 0 Å². The summed E-state index contributed by atoms with van der Waals surface area (Å²) in [6.07, 6.45) is -21.5. The molecule has 0 aromatic rings. The van der Waals surface area contributed by atoms with Crippen LogP contribution in [0.2, 0.25) is 0 Å². The molecule has 0 aromatic heterocycles. The van der Waals surface area contributed by atoms with Gasteiger partial charge in [-0.1, -0.05) is 0 Å². The quantitative estimate of drug-likeness (QED) is 0.187. The van der Waals surface area contributed by atoms with Crippen molar-refractivity contribution in [1.82, 2.24) is 0 Å². The van der Waals surface area contributed by atoms with Gasteiger partial charge in [0, 0.05) is 0 Å². The molecule has 3 aliphatic heterocycles. The predicted molar refractivity (Wildman–Crippen MR) is 93.8 cm³/mol. The molecule has 31 heavy (non-hydrogen) atoms. The van der Waals surface area contributed by atoms with Gasteiger partial charge < -0.3 is 69.6 Å². The first-order valence-corrected chi connectivity index (χ1v) is 9.85. The fourth-order valence-electron chi connectivity index (χ4n) is 3.71. The third-order valence-electron chi connectivity index (χ3n) is 5.66. The lowest BCUT2D eigenvalue weighted by Crippen LogP contribution is -2.65.